The van der Waals surface area contributed by atoms with Crippen molar-refractivity contribution in [2.45, 2.75) is 40.2 Å². The van der Waals surface area contributed by atoms with Crippen LogP contribution in [0.2, 0.25) is 0 Å². The zero-order valence-corrected chi connectivity index (χ0v) is 12.3. The molecule has 16 heavy (non-hydrogen) atoms. The Hall–Kier alpha value is -0.290. The molecule has 5 heteroatoms. The molecule has 94 valence electrons. The summed E-state index contributed by atoms with van der Waals surface area (Å²) >= 11 is 6.58. The van der Waals surface area contributed by atoms with Crippen LogP contribution in [0.1, 0.15) is 34.6 Å². The number of carbonyl (C=O) groups is 1. The van der Waals surface area contributed by atoms with Crippen molar-refractivity contribution in [2.75, 3.05) is 18.8 Å². The van der Waals surface area contributed by atoms with E-state index in [9.17, 15) is 4.79 Å². The van der Waals surface area contributed by atoms with Crippen LogP contribution in [0.4, 0.5) is 0 Å². The van der Waals surface area contributed by atoms with Crippen molar-refractivity contribution < 1.29 is 9.53 Å². The maximum absolute atomic E-state index is 11.4. The van der Waals surface area contributed by atoms with E-state index in [1.165, 1.54) is 11.8 Å². The van der Waals surface area contributed by atoms with Gasteiger partial charge in [0.25, 0.3) is 0 Å². The first-order chi connectivity index (χ1) is 7.30. The molecule has 0 aliphatic carbocycles. The Bertz CT molecular complexity index is 245. The van der Waals surface area contributed by atoms with Crippen LogP contribution in [0.25, 0.3) is 0 Å². The minimum atomic E-state index is -0.422. The molecule has 0 heterocycles. The van der Waals surface area contributed by atoms with E-state index in [0.29, 0.717) is 0 Å². The van der Waals surface area contributed by atoms with Crippen LogP contribution < -0.4 is 0 Å². The molecule has 0 aromatic carbocycles. The normalized spacial score (nSPS) is 11.1. The molecule has 0 aromatic rings. The summed E-state index contributed by atoms with van der Waals surface area (Å²) in [4.78, 5) is 13.5. The van der Waals surface area contributed by atoms with Crippen molar-refractivity contribution in [1.82, 2.24) is 4.90 Å². The standard InChI is InChI=1S/C11H21NO2S2/c1-6-12(7-2)10(15)16-8-9(13)14-11(3,4)5/h6-8H2,1-5H3. The van der Waals surface area contributed by atoms with E-state index in [0.717, 1.165) is 17.4 Å². The molecule has 0 fully saturated rings. The van der Waals surface area contributed by atoms with Gasteiger partial charge >= 0.3 is 5.97 Å². The van der Waals surface area contributed by atoms with Crippen LogP contribution in [0.3, 0.4) is 0 Å². The first-order valence-electron chi connectivity index (χ1n) is 5.43. The van der Waals surface area contributed by atoms with Crippen molar-refractivity contribution in [1.29, 1.82) is 0 Å². The highest BCUT2D eigenvalue weighted by molar-refractivity contribution is 8.23. The molecule has 0 saturated heterocycles. The second-order valence-electron chi connectivity index (χ2n) is 4.31. The molecule has 0 spiro atoms. The van der Waals surface area contributed by atoms with Crippen LogP contribution in [0.5, 0.6) is 0 Å². The summed E-state index contributed by atoms with van der Waals surface area (Å²) in [6, 6.07) is 0. The summed E-state index contributed by atoms with van der Waals surface area (Å²) in [7, 11) is 0. The van der Waals surface area contributed by atoms with Crippen LogP contribution >= 0.6 is 24.0 Å². The Morgan fingerprint density at radius 2 is 1.81 bits per heavy atom. The molecule has 0 bridgehead atoms. The number of rotatable bonds is 4. The molecule has 0 aliphatic heterocycles. The van der Waals surface area contributed by atoms with Gasteiger partial charge in [0.2, 0.25) is 0 Å². The summed E-state index contributed by atoms with van der Waals surface area (Å²) in [5.74, 6) is 0.0686. The van der Waals surface area contributed by atoms with Crippen molar-refractivity contribution >= 4 is 34.3 Å². The average molecular weight is 263 g/mol. The fourth-order valence-electron chi connectivity index (χ4n) is 1.06. The first kappa shape index (κ1) is 15.7. The first-order valence-corrected chi connectivity index (χ1v) is 6.83. The third-order valence-electron chi connectivity index (χ3n) is 1.76. The molecule has 0 saturated carbocycles. The fourth-order valence-corrected chi connectivity index (χ4v) is 2.24. The van der Waals surface area contributed by atoms with Gasteiger partial charge in [0.1, 0.15) is 9.92 Å². The lowest BCUT2D eigenvalue weighted by Crippen LogP contribution is -2.29. The number of thioether (sulfide) groups is 1. The van der Waals surface area contributed by atoms with Gasteiger partial charge in [0.15, 0.2) is 0 Å². The van der Waals surface area contributed by atoms with Crippen LogP contribution in [-0.4, -0.2) is 39.6 Å². The SMILES string of the molecule is CCN(CC)C(=S)SCC(=O)OC(C)(C)C. The Balaban J connectivity index is 3.97. The number of thiocarbonyl (C=S) groups is 1. The predicted molar refractivity (Wildman–Crippen MR) is 73.8 cm³/mol. The summed E-state index contributed by atoms with van der Waals surface area (Å²) in [5, 5.41) is 0. The second-order valence-corrected chi connectivity index (χ2v) is 5.92. The Labute approximate surface area is 108 Å². The maximum Gasteiger partial charge on any atom is 0.316 e. The summed E-state index contributed by atoms with van der Waals surface area (Å²) in [6.07, 6.45) is 0. The summed E-state index contributed by atoms with van der Waals surface area (Å²) < 4.78 is 5.96. The Morgan fingerprint density at radius 1 is 1.31 bits per heavy atom. The maximum atomic E-state index is 11.4. The third-order valence-corrected chi connectivity index (χ3v) is 3.25. The van der Waals surface area contributed by atoms with Gasteiger partial charge in [0, 0.05) is 13.1 Å². The highest BCUT2D eigenvalue weighted by atomic mass is 32.2. The highest BCUT2D eigenvalue weighted by Gasteiger charge is 2.17. The number of ether oxygens (including phenoxy) is 1. The molecular formula is C11H21NO2S2. The van der Waals surface area contributed by atoms with Crippen LogP contribution in [-0.2, 0) is 9.53 Å². The van der Waals surface area contributed by atoms with E-state index >= 15 is 0 Å². The number of nitrogens with zero attached hydrogens (tertiary/aromatic N) is 1. The number of esters is 1. The minimum absolute atomic E-state index is 0.216. The van der Waals surface area contributed by atoms with Crippen molar-refractivity contribution in [2.24, 2.45) is 0 Å². The molecule has 0 aromatic heterocycles. The van der Waals surface area contributed by atoms with Gasteiger partial charge in [-0.15, -0.1) is 0 Å². The number of hydrogen-bond donors (Lipinski definition) is 0. The molecule has 0 N–H and O–H groups in total. The predicted octanol–water partition coefficient (Wildman–Crippen LogP) is 2.69. The zero-order valence-electron chi connectivity index (χ0n) is 10.7. The van der Waals surface area contributed by atoms with E-state index in [4.69, 9.17) is 17.0 Å². The number of hydrogen-bond acceptors (Lipinski definition) is 4. The van der Waals surface area contributed by atoms with E-state index in [2.05, 4.69) is 0 Å². The van der Waals surface area contributed by atoms with E-state index in [1.54, 1.807) is 0 Å². The third kappa shape index (κ3) is 7.06. The van der Waals surface area contributed by atoms with Gasteiger partial charge < -0.3 is 9.64 Å². The second kappa shape index (κ2) is 7.12. The smallest absolute Gasteiger partial charge is 0.316 e. The molecule has 0 rings (SSSR count). The van der Waals surface area contributed by atoms with Gasteiger partial charge in [-0.1, -0.05) is 24.0 Å². The quantitative estimate of drug-likeness (QED) is 0.575. The molecule has 0 aliphatic rings. The average Bonchev–Trinajstić information content (AvgIpc) is 2.14. The lowest BCUT2D eigenvalue weighted by atomic mass is 10.2. The van der Waals surface area contributed by atoms with Gasteiger partial charge in [-0.3, -0.25) is 4.79 Å². The fraction of sp³-hybridized carbons (Fsp3) is 0.818. The van der Waals surface area contributed by atoms with Crippen molar-refractivity contribution in [3.63, 3.8) is 0 Å². The molecule has 3 nitrogen and oxygen atoms in total. The topological polar surface area (TPSA) is 29.5 Å². The molecule has 0 atom stereocenters. The number of carbonyl (C=O) groups excluding carboxylic acids is 1. The highest BCUT2D eigenvalue weighted by Crippen LogP contribution is 2.13. The van der Waals surface area contributed by atoms with Gasteiger partial charge in [-0.25, -0.2) is 0 Å². The van der Waals surface area contributed by atoms with E-state index in [1.807, 2.05) is 39.5 Å². The minimum Gasteiger partial charge on any atom is -0.459 e. The lowest BCUT2D eigenvalue weighted by molar-refractivity contribution is -0.151. The van der Waals surface area contributed by atoms with E-state index in [-0.39, 0.29) is 11.7 Å². The van der Waals surface area contributed by atoms with Crippen LogP contribution in [0, 0.1) is 0 Å². The van der Waals surface area contributed by atoms with Gasteiger partial charge in [-0.05, 0) is 34.6 Å². The summed E-state index contributed by atoms with van der Waals surface area (Å²) in [6.45, 7) is 11.4. The molecular weight excluding hydrogens is 242 g/mol. The van der Waals surface area contributed by atoms with Gasteiger partial charge in [0.05, 0.1) is 5.75 Å². The van der Waals surface area contributed by atoms with E-state index < -0.39 is 5.60 Å². The zero-order chi connectivity index (χ0) is 12.8. The molecule has 0 unspecified atom stereocenters. The Morgan fingerprint density at radius 3 is 2.19 bits per heavy atom. The van der Waals surface area contributed by atoms with Crippen LogP contribution in [0.15, 0.2) is 0 Å². The largest absolute Gasteiger partial charge is 0.459 e. The Kier molecular flexibility index (Phi) is 6.99. The molecule has 0 amide bonds. The van der Waals surface area contributed by atoms with Crippen molar-refractivity contribution in [3.05, 3.63) is 0 Å². The molecule has 0 radical (unpaired) electrons. The monoisotopic (exact) mass is 263 g/mol. The van der Waals surface area contributed by atoms with Crippen molar-refractivity contribution in [3.8, 4) is 0 Å². The van der Waals surface area contributed by atoms with Gasteiger partial charge in [-0.2, -0.15) is 0 Å². The summed E-state index contributed by atoms with van der Waals surface area (Å²) in [5.41, 5.74) is -0.422. The lowest BCUT2D eigenvalue weighted by Gasteiger charge is -2.22.